The van der Waals surface area contributed by atoms with E-state index in [1.165, 1.54) is 6.07 Å². The van der Waals surface area contributed by atoms with Gasteiger partial charge in [0.25, 0.3) is 5.95 Å². The third kappa shape index (κ3) is 1.84. The van der Waals surface area contributed by atoms with Crippen LogP contribution in [0.4, 0.5) is 13.2 Å². The molecule has 1 aromatic heterocycles. The molecule has 2 rings (SSSR count). The Hall–Kier alpha value is -1.17. The molecule has 78 valence electrons. The molecule has 0 atom stereocenters. The van der Waals surface area contributed by atoms with Crippen LogP contribution in [0.25, 0.3) is 0 Å². The van der Waals surface area contributed by atoms with E-state index in [-0.39, 0.29) is 12.1 Å². The van der Waals surface area contributed by atoms with Crippen molar-refractivity contribution < 1.29 is 22.3 Å². The summed E-state index contributed by atoms with van der Waals surface area (Å²) in [6.45, 7) is 1.28. The quantitative estimate of drug-likeness (QED) is 0.800. The fourth-order valence-corrected chi connectivity index (χ4v) is 1.05. The van der Waals surface area contributed by atoms with Gasteiger partial charge in [-0.3, -0.25) is 0 Å². The van der Waals surface area contributed by atoms with Gasteiger partial charge in [-0.2, -0.15) is 13.2 Å². The van der Waals surface area contributed by atoms with Gasteiger partial charge in [-0.15, -0.1) is 0 Å². The molecule has 1 aromatic rings. The van der Waals surface area contributed by atoms with Crippen molar-refractivity contribution in [2.45, 2.75) is 12.3 Å². The minimum absolute atomic E-state index is 0.0798. The van der Waals surface area contributed by atoms with Gasteiger partial charge in [0.1, 0.15) is 6.10 Å². The maximum absolute atomic E-state index is 12.1. The molecule has 1 aliphatic rings. The minimum Gasteiger partial charge on any atom is -0.459 e. The molecule has 2 heterocycles. The lowest BCUT2D eigenvalue weighted by Crippen LogP contribution is -2.50. The fraction of sp³-hybridized carbons (Fsp3) is 0.500. The van der Waals surface area contributed by atoms with E-state index in [2.05, 4.69) is 9.73 Å². The predicted molar refractivity (Wildman–Crippen MR) is 41.0 cm³/mol. The maximum atomic E-state index is 12.1. The van der Waals surface area contributed by atoms with Crippen LogP contribution in [-0.2, 0) is 6.18 Å². The monoisotopic (exact) mass is 207 g/mol. The van der Waals surface area contributed by atoms with Crippen molar-refractivity contribution in [2.75, 3.05) is 13.1 Å². The smallest absolute Gasteiger partial charge is 0.449 e. The molecule has 0 unspecified atom stereocenters. The van der Waals surface area contributed by atoms with Crippen LogP contribution >= 0.6 is 0 Å². The average Bonchev–Trinajstić information content (AvgIpc) is 2.43. The van der Waals surface area contributed by atoms with Gasteiger partial charge in [-0.1, -0.05) is 0 Å². The number of ether oxygens (including phenoxy) is 1. The topological polar surface area (TPSA) is 34.4 Å². The van der Waals surface area contributed by atoms with Crippen molar-refractivity contribution >= 4 is 0 Å². The van der Waals surface area contributed by atoms with Crippen LogP contribution in [0.2, 0.25) is 0 Å². The summed E-state index contributed by atoms with van der Waals surface area (Å²) in [7, 11) is 0. The Bertz CT molecular complexity index is 317. The largest absolute Gasteiger partial charge is 0.459 e. The predicted octanol–water partition coefficient (Wildman–Crippen LogP) is 1.65. The Kier molecular flexibility index (Phi) is 2.14. The molecule has 0 saturated carbocycles. The van der Waals surface area contributed by atoms with E-state index in [0.29, 0.717) is 13.1 Å². The maximum Gasteiger partial charge on any atom is 0.449 e. The third-order valence-electron chi connectivity index (χ3n) is 1.89. The average molecular weight is 207 g/mol. The Labute approximate surface area is 77.8 Å². The second-order valence-corrected chi connectivity index (χ2v) is 3.01. The summed E-state index contributed by atoms with van der Waals surface area (Å²) in [5.41, 5.74) is 0. The van der Waals surface area contributed by atoms with Crippen LogP contribution < -0.4 is 10.1 Å². The molecule has 0 aromatic carbocycles. The summed E-state index contributed by atoms with van der Waals surface area (Å²) in [4.78, 5) is 0. The first-order chi connectivity index (χ1) is 6.55. The highest BCUT2D eigenvalue weighted by Crippen LogP contribution is 2.33. The van der Waals surface area contributed by atoms with Gasteiger partial charge >= 0.3 is 6.18 Å². The first-order valence-electron chi connectivity index (χ1n) is 4.10. The lowest BCUT2D eigenvalue weighted by atomic mass is 10.2. The molecule has 0 aliphatic carbocycles. The van der Waals surface area contributed by atoms with E-state index in [4.69, 9.17) is 4.74 Å². The zero-order chi connectivity index (χ0) is 10.2. The van der Waals surface area contributed by atoms with Crippen LogP contribution in [0.1, 0.15) is 5.76 Å². The van der Waals surface area contributed by atoms with E-state index in [1.807, 2.05) is 0 Å². The molecule has 3 nitrogen and oxygen atoms in total. The summed E-state index contributed by atoms with van der Waals surface area (Å²) >= 11 is 0. The number of furan rings is 1. The molecule has 1 N–H and O–H groups in total. The van der Waals surface area contributed by atoms with Crippen LogP contribution in [0.5, 0.6) is 5.95 Å². The van der Waals surface area contributed by atoms with E-state index >= 15 is 0 Å². The molecular weight excluding hydrogens is 199 g/mol. The number of rotatable bonds is 2. The molecule has 0 bridgehead atoms. The minimum atomic E-state index is -4.44. The first-order valence-corrected chi connectivity index (χ1v) is 4.10. The highest BCUT2D eigenvalue weighted by atomic mass is 19.4. The van der Waals surface area contributed by atoms with Gasteiger partial charge in [0.2, 0.25) is 5.76 Å². The number of nitrogens with one attached hydrogen (secondary N) is 1. The Morgan fingerprint density at radius 2 is 2.07 bits per heavy atom. The molecule has 6 heteroatoms. The number of halogens is 3. The highest BCUT2D eigenvalue weighted by Gasteiger charge is 2.35. The van der Waals surface area contributed by atoms with Gasteiger partial charge in [0.15, 0.2) is 0 Å². The van der Waals surface area contributed by atoms with E-state index in [1.54, 1.807) is 0 Å². The van der Waals surface area contributed by atoms with Crippen LogP contribution in [0.3, 0.4) is 0 Å². The second-order valence-electron chi connectivity index (χ2n) is 3.01. The zero-order valence-corrected chi connectivity index (χ0v) is 7.10. The molecular formula is C8H8F3NO2. The van der Waals surface area contributed by atoms with Gasteiger partial charge in [0, 0.05) is 19.2 Å². The zero-order valence-electron chi connectivity index (χ0n) is 7.10. The van der Waals surface area contributed by atoms with Gasteiger partial charge in [-0.25, -0.2) is 0 Å². The Morgan fingerprint density at radius 1 is 1.36 bits per heavy atom. The summed E-state index contributed by atoms with van der Waals surface area (Å²) in [6, 6.07) is 2.04. The highest BCUT2D eigenvalue weighted by molar-refractivity contribution is 5.14. The van der Waals surface area contributed by atoms with Crippen LogP contribution in [0.15, 0.2) is 16.5 Å². The van der Waals surface area contributed by atoms with Crippen molar-refractivity contribution in [3.05, 3.63) is 17.9 Å². The number of hydrogen-bond donors (Lipinski definition) is 1. The van der Waals surface area contributed by atoms with Crippen LogP contribution in [-0.4, -0.2) is 19.2 Å². The normalized spacial score (nSPS) is 17.9. The van der Waals surface area contributed by atoms with Crippen molar-refractivity contribution in [1.82, 2.24) is 5.32 Å². The first kappa shape index (κ1) is 9.39. The fourth-order valence-electron chi connectivity index (χ4n) is 1.05. The van der Waals surface area contributed by atoms with Crippen LogP contribution in [0, 0.1) is 0 Å². The third-order valence-corrected chi connectivity index (χ3v) is 1.89. The van der Waals surface area contributed by atoms with E-state index in [9.17, 15) is 13.2 Å². The lowest BCUT2D eigenvalue weighted by molar-refractivity contribution is -0.154. The van der Waals surface area contributed by atoms with Crippen molar-refractivity contribution in [2.24, 2.45) is 0 Å². The van der Waals surface area contributed by atoms with Crippen molar-refractivity contribution in [3.63, 3.8) is 0 Å². The molecule has 1 saturated heterocycles. The second kappa shape index (κ2) is 3.20. The molecule has 0 radical (unpaired) electrons. The molecule has 0 spiro atoms. The molecule has 0 amide bonds. The molecule has 14 heavy (non-hydrogen) atoms. The standard InChI is InChI=1S/C8H8F3NO2/c9-8(10,11)6-1-2-7(14-6)13-5-3-12-4-5/h1-2,5,12H,3-4H2. The summed E-state index contributed by atoms with van der Waals surface area (Å²) in [5.74, 6) is -1.11. The van der Waals surface area contributed by atoms with Gasteiger partial charge < -0.3 is 14.5 Å². The lowest BCUT2D eigenvalue weighted by Gasteiger charge is -2.26. The van der Waals surface area contributed by atoms with Gasteiger partial charge in [-0.05, 0) is 6.07 Å². The van der Waals surface area contributed by atoms with Gasteiger partial charge in [0.05, 0.1) is 0 Å². The van der Waals surface area contributed by atoms with Crippen molar-refractivity contribution in [1.29, 1.82) is 0 Å². The Balaban J connectivity index is 2.02. The number of alkyl halides is 3. The Morgan fingerprint density at radius 3 is 2.50 bits per heavy atom. The summed E-state index contributed by atoms with van der Waals surface area (Å²) in [5, 5.41) is 2.93. The summed E-state index contributed by atoms with van der Waals surface area (Å²) < 4.78 is 45.8. The summed E-state index contributed by atoms with van der Waals surface area (Å²) in [6.07, 6.45) is -4.53. The van der Waals surface area contributed by atoms with E-state index in [0.717, 1.165) is 6.07 Å². The van der Waals surface area contributed by atoms with Crippen molar-refractivity contribution in [3.8, 4) is 5.95 Å². The van der Waals surface area contributed by atoms with E-state index < -0.39 is 11.9 Å². The molecule has 1 fully saturated rings. The number of hydrogen-bond acceptors (Lipinski definition) is 3. The molecule has 1 aliphatic heterocycles. The SMILES string of the molecule is FC(F)(F)c1ccc(OC2CNC2)o1.